The molecule has 1 heterocycles. The second-order valence-corrected chi connectivity index (χ2v) is 7.31. The Kier molecular flexibility index (Phi) is 3.84. The molecule has 4 unspecified atom stereocenters. The second-order valence-electron chi connectivity index (χ2n) is 7.31. The molecule has 1 saturated heterocycles. The molecular weight excluding hydrogens is 208 g/mol. The zero-order valence-electron chi connectivity index (χ0n) is 12.1. The lowest BCUT2D eigenvalue weighted by molar-refractivity contribution is 0.0991. The van der Waals surface area contributed by atoms with Gasteiger partial charge in [0, 0.05) is 25.2 Å². The van der Waals surface area contributed by atoms with Crippen molar-refractivity contribution in [3.8, 4) is 0 Å². The fourth-order valence-corrected chi connectivity index (χ4v) is 3.95. The van der Waals surface area contributed by atoms with Crippen molar-refractivity contribution in [2.75, 3.05) is 13.1 Å². The Morgan fingerprint density at radius 3 is 2.59 bits per heavy atom. The van der Waals surface area contributed by atoms with Crippen molar-refractivity contribution in [2.45, 2.75) is 65.5 Å². The van der Waals surface area contributed by atoms with Crippen molar-refractivity contribution < 1.29 is 0 Å². The van der Waals surface area contributed by atoms with E-state index in [2.05, 4.69) is 32.6 Å². The molecular formula is C15H30N2. The molecule has 1 saturated carbocycles. The average Bonchev–Trinajstić information content (AvgIpc) is 2.53. The Labute approximate surface area is 107 Å². The summed E-state index contributed by atoms with van der Waals surface area (Å²) in [6.07, 6.45) is 5.37. The molecule has 0 aromatic heterocycles. The minimum absolute atomic E-state index is 0.345. The Hall–Kier alpha value is -0.0800. The number of nitrogens with two attached hydrogens (primary N) is 1. The van der Waals surface area contributed by atoms with Crippen molar-refractivity contribution in [3.63, 3.8) is 0 Å². The second kappa shape index (κ2) is 4.89. The first-order valence-corrected chi connectivity index (χ1v) is 7.40. The van der Waals surface area contributed by atoms with Crippen LogP contribution in [-0.4, -0.2) is 30.1 Å². The third-order valence-electron chi connectivity index (χ3n) is 5.19. The zero-order valence-corrected chi connectivity index (χ0v) is 12.1. The highest BCUT2D eigenvalue weighted by Gasteiger charge is 2.38. The molecule has 0 amide bonds. The molecule has 2 heteroatoms. The van der Waals surface area contributed by atoms with Gasteiger partial charge in [-0.15, -0.1) is 0 Å². The van der Waals surface area contributed by atoms with Crippen LogP contribution in [-0.2, 0) is 0 Å². The Morgan fingerprint density at radius 2 is 2.00 bits per heavy atom. The molecule has 100 valence electrons. The Bertz CT molecular complexity index is 262. The predicted molar refractivity (Wildman–Crippen MR) is 73.9 cm³/mol. The summed E-state index contributed by atoms with van der Waals surface area (Å²) in [4.78, 5) is 2.68. The fourth-order valence-electron chi connectivity index (χ4n) is 3.95. The van der Waals surface area contributed by atoms with Gasteiger partial charge < -0.3 is 10.6 Å². The molecule has 0 aromatic carbocycles. The van der Waals surface area contributed by atoms with Gasteiger partial charge in [-0.05, 0) is 43.4 Å². The van der Waals surface area contributed by atoms with E-state index in [-0.39, 0.29) is 0 Å². The molecule has 1 aliphatic heterocycles. The van der Waals surface area contributed by atoms with Gasteiger partial charge >= 0.3 is 0 Å². The number of rotatable bonds is 2. The van der Waals surface area contributed by atoms with Gasteiger partial charge in [0.05, 0.1) is 0 Å². The zero-order chi connectivity index (χ0) is 12.6. The summed E-state index contributed by atoms with van der Waals surface area (Å²) < 4.78 is 0. The van der Waals surface area contributed by atoms with E-state index in [1.807, 2.05) is 0 Å². The van der Waals surface area contributed by atoms with Gasteiger partial charge in [0.15, 0.2) is 0 Å². The van der Waals surface area contributed by atoms with Gasteiger partial charge in [0.25, 0.3) is 0 Å². The minimum atomic E-state index is 0.345. The monoisotopic (exact) mass is 238 g/mol. The third kappa shape index (κ3) is 2.85. The molecule has 0 aromatic rings. The highest BCUT2D eigenvalue weighted by molar-refractivity contribution is 4.93. The lowest BCUT2D eigenvalue weighted by Gasteiger charge is -2.43. The highest BCUT2D eigenvalue weighted by atomic mass is 15.2. The normalized spacial score (nSPS) is 42.9. The predicted octanol–water partition coefficient (Wildman–Crippen LogP) is 2.87. The summed E-state index contributed by atoms with van der Waals surface area (Å²) in [6.45, 7) is 12.0. The molecule has 2 nitrogen and oxygen atoms in total. The number of nitrogens with zero attached hydrogens (tertiary/aromatic N) is 1. The first-order chi connectivity index (χ1) is 7.90. The summed E-state index contributed by atoms with van der Waals surface area (Å²) in [5.41, 5.74) is 6.83. The van der Waals surface area contributed by atoms with E-state index in [9.17, 15) is 0 Å². The van der Waals surface area contributed by atoms with Crippen LogP contribution in [0.5, 0.6) is 0 Å². The quantitative estimate of drug-likeness (QED) is 0.801. The van der Waals surface area contributed by atoms with Crippen molar-refractivity contribution in [2.24, 2.45) is 23.0 Å². The Balaban J connectivity index is 1.94. The smallest absolute Gasteiger partial charge is 0.0131 e. The van der Waals surface area contributed by atoms with Gasteiger partial charge in [-0.25, -0.2) is 0 Å². The summed E-state index contributed by atoms with van der Waals surface area (Å²) in [5, 5.41) is 0. The number of hydrogen-bond acceptors (Lipinski definition) is 2. The van der Waals surface area contributed by atoms with Crippen molar-refractivity contribution in [1.29, 1.82) is 0 Å². The van der Waals surface area contributed by atoms with E-state index < -0.39 is 0 Å². The fraction of sp³-hybridized carbons (Fsp3) is 1.00. The average molecular weight is 238 g/mol. The maximum absolute atomic E-state index is 6.49. The van der Waals surface area contributed by atoms with E-state index >= 15 is 0 Å². The van der Waals surface area contributed by atoms with Crippen molar-refractivity contribution in [3.05, 3.63) is 0 Å². The largest absolute Gasteiger partial charge is 0.327 e. The summed E-state index contributed by atoms with van der Waals surface area (Å²) >= 11 is 0. The molecule has 2 rings (SSSR count). The van der Waals surface area contributed by atoms with Gasteiger partial charge in [-0.3, -0.25) is 0 Å². The van der Waals surface area contributed by atoms with Crippen LogP contribution >= 0.6 is 0 Å². The molecule has 2 fully saturated rings. The molecule has 17 heavy (non-hydrogen) atoms. The maximum Gasteiger partial charge on any atom is 0.0131 e. The van der Waals surface area contributed by atoms with Crippen LogP contribution in [0.4, 0.5) is 0 Å². The van der Waals surface area contributed by atoms with Crippen LogP contribution in [0.1, 0.15) is 53.4 Å². The van der Waals surface area contributed by atoms with Gasteiger partial charge in [-0.1, -0.05) is 27.2 Å². The molecule has 1 aliphatic carbocycles. The molecule has 0 spiro atoms. The van der Waals surface area contributed by atoms with Crippen LogP contribution in [0.25, 0.3) is 0 Å². The topological polar surface area (TPSA) is 29.3 Å². The minimum Gasteiger partial charge on any atom is -0.327 e. The van der Waals surface area contributed by atoms with Crippen LogP contribution in [0.2, 0.25) is 0 Å². The molecule has 2 N–H and O–H groups in total. The summed E-state index contributed by atoms with van der Waals surface area (Å²) in [5.74, 6) is 1.59. The van der Waals surface area contributed by atoms with Crippen molar-refractivity contribution in [1.82, 2.24) is 4.90 Å². The highest BCUT2D eigenvalue weighted by Crippen LogP contribution is 2.38. The first-order valence-electron chi connectivity index (χ1n) is 7.40. The first kappa shape index (κ1) is 13.4. The van der Waals surface area contributed by atoms with Crippen LogP contribution in [0, 0.1) is 17.3 Å². The maximum atomic E-state index is 6.49. The lowest BCUT2D eigenvalue weighted by Crippen LogP contribution is -2.50. The number of likely N-dealkylation sites (tertiary alicyclic amines) is 1. The molecule has 2 aliphatic rings. The van der Waals surface area contributed by atoms with Crippen LogP contribution in [0.3, 0.4) is 0 Å². The van der Waals surface area contributed by atoms with Gasteiger partial charge in [-0.2, -0.15) is 0 Å². The van der Waals surface area contributed by atoms with E-state index in [0.717, 1.165) is 12.0 Å². The van der Waals surface area contributed by atoms with E-state index in [1.54, 1.807) is 0 Å². The van der Waals surface area contributed by atoms with Gasteiger partial charge in [0.1, 0.15) is 0 Å². The van der Waals surface area contributed by atoms with Crippen molar-refractivity contribution >= 4 is 0 Å². The van der Waals surface area contributed by atoms with E-state index in [1.165, 1.54) is 38.8 Å². The molecule has 0 radical (unpaired) electrons. The van der Waals surface area contributed by atoms with Crippen LogP contribution in [0.15, 0.2) is 0 Å². The van der Waals surface area contributed by atoms with E-state index in [4.69, 9.17) is 5.73 Å². The van der Waals surface area contributed by atoms with Gasteiger partial charge in [0.2, 0.25) is 0 Å². The summed E-state index contributed by atoms with van der Waals surface area (Å²) in [6, 6.07) is 1.15. The molecule has 0 bridgehead atoms. The SMILES string of the molecule is CC1CC(C)N(CC2CCCC(C)(C)C2N)C1. The summed E-state index contributed by atoms with van der Waals surface area (Å²) in [7, 11) is 0. The number of hydrogen-bond donors (Lipinski definition) is 1. The Morgan fingerprint density at radius 1 is 1.29 bits per heavy atom. The third-order valence-corrected chi connectivity index (χ3v) is 5.19. The molecule has 4 atom stereocenters. The lowest BCUT2D eigenvalue weighted by atomic mass is 9.68. The van der Waals surface area contributed by atoms with Crippen LogP contribution < -0.4 is 5.73 Å². The standard InChI is InChI=1S/C15H30N2/c1-11-8-12(2)17(9-11)10-13-6-5-7-15(3,4)14(13)16/h11-14H,5-10,16H2,1-4H3. The van der Waals surface area contributed by atoms with E-state index in [0.29, 0.717) is 17.4 Å².